The average molecular weight is 361 g/mol. The number of carboxylic acids is 1. The third-order valence-corrected chi connectivity index (χ3v) is 5.26. The molecule has 1 N–H and O–H groups in total. The van der Waals surface area contributed by atoms with Gasteiger partial charge >= 0.3 is 5.97 Å². The molecule has 0 atom stereocenters. The van der Waals surface area contributed by atoms with Crippen molar-refractivity contribution in [2.75, 3.05) is 0 Å². The molecule has 2 heterocycles. The minimum Gasteiger partial charge on any atom is -0.477 e. The highest BCUT2D eigenvalue weighted by Gasteiger charge is 2.29. The molecule has 0 amide bonds. The van der Waals surface area contributed by atoms with Crippen molar-refractivity contribution in [1.82, 2.24) is 4.40 Å². The van der Waals surface area contributed by atoms with Gasteiger partial charge < -0.3 is 5.11 Å². The fraction of sp³-hybridized carbons (Fsp3) is 0.227. The van der Waals surface area contributed by atoms with Crippen LogP contribution in [0.15, 0.2) is 47.4 Å². The second kappa shape index (κ2) is 6.20. The van der Waals surface area contributed by atoms with Gasteiger partial charge in [0.2, 0.25) is 0 Å². The van der Waals surface area contributed by atoms with Gasteiger partial charge in [0, 0.05) is 11.8 Å². The summed E-state index contributed by atoms with van der Waals surface area (Å²) >= 11 is 0. The molecule has 1 aliphatic carbocycles. The van der Waals surface area contributed by atoms with Gasteiger partial charge in [-0.25, -0.2) is 4.79 Å². The van der Waals surface area contributed by atoms with Crippen molar-refractivity contribution in [2.24, 2.45) is 0 Å². The number of benzene rings is 1. The van der Waals surface area contributed by atoms with Crippen molar-refractivity contribution in [3.63, 3.8) is 0 Å². The minimum absolute atomic E-state index is 0.0144. The number of nitrogens with zero attached hydrogens (tertiary/aromatic N) is 1. The van der Waals surface area contributed by atoms with E-state index in [-0.39, 0.29) is 11.3 Å². The number of rotatable bonds is 4. The maximum atomic E-state index is 12.6. The normalized spacial score (nSPS) is 13.7. The predicted molar refractivity (Wildman–Crippen MR) is 103 cm³/mol. The minimum atomic E-state index is -1.20. The van der Waals surface area contributed by atoms with Crippen molar-refractivity contribution in [2.45, 2.75) is 32.6 Å². The third-order valence-electron chi connectivity index (χ3n) is 5.26. The predicted octanol–water partition coefficient (Wildman–Crippen LogP) is 4.05. The molecule has 1 aromatic carbocycles. The summed E-state index contributed by atoms with van der Waals surface area (Å²) in [6, 6.07) is 10.8. The smallest absolute Gasteiger partial charge is 0.341 e. The van der Waals surface area contributed by atoms with Gasteiger partial charge in [0.05, 0.1) is 5.52 Å². The summed E-state index contributed by atoms with van der Waals surface area (Å²) in [6.07, 6.45) is 3.66. The van der Waals surface area contributed by atoms with Crippen molar-refractivity contribution in [3.8, 4) is 11.1 Å². The standard InChI is InChI=1S/C22H19NO4/c1-12-17(15-5-3-14(4-6-15)13(2)24)9-10-23-20(12)18(16-7-8-16)11-19(21(23)25)22(26)27/h3-6,9-11,16H,7-8H2,1-2H3,(H,26,27). The second-order valence-corrected chi connectivity index (χ2v) is 7.10. The van der Waals surface area contributed by atoms with E-state index in [1.54, 1.807) is 24.4 Å². The highest BCUT2D eigenvalue weighted by molar-refractivity contribution is 5.94. The number of ketones is 1. The van der Waals surface area contributed by atoms with Gasteiger partial charge in [-0.3, -0.25) is 14.0 Å². The van der Waals surface area contributed by atoms with Gasteiger partial charge in [0.15, 0.2) is 5.78 Å². The lowest BCUT2D eigenvalue weighted by Gasteiger charge is -2.15. The summed E-state index contributed by atoms with van der Waals surface area (Å²) < 4.78 is 1.46. The number of aryl methyl sites for hydroxylation is 1. The third kappa shape index (κ3) is 2.85. The van der Waals surface area contributed by atoms with E-state index in [1.165, 1.54) is 11.3 Å². The van der Waals surface area contributed by atoms with E-state index in [9.17, 15) is 19.5 Å². The first kappa shape index (κ1) is 17.2. The Hall–Kier alpha value is -3.21. The van der Waals surface area contributed by atoms with Crippen molar-refractivity contribution < 1.29 is 14.7 Å². The van der Waals surface area contributed by atoms with E-state index in [1.807, 2.05) is 25.1 Å². The average Bonchev–Trinajstić information content (AvgIpc) is 3.47. The highest BCUT2D eigenvalue weighted by atomic mass is 16.4. The Morgan fingerprint density at radius 3 is 2.33 bits per heavy atom. The summed E-state index contributed by atoms with van der Waals surface area (Å²) in [5, 5.41) is 9.38. The van der Waals surface area contributed by atoms with Crippen LogP contribution in [0.3, 0.4) is 0 Å². The largest absolute Gasteiger partial charge is 0.477 e. The summed E-state index contributed by atoms with van der Waals surface area (Å²) in [7, 11) is 0. The van der Waals surface area contributed by atoms with E-state index in [0.717, 1.165) is 40.6 Å². The Labute approximate surface area is 155 Å². The van der Waals surface area contributed by atoms with Gasteiger partial charge in [0.1, 0.15) is 5.56 Å². The fourth-order valence-electron chi connectivity index (χ4n) is 3.65. The van der Waals surface area contributed by atoms with Crippen LogP contribution in [-0.2, 0) is 0 Å². The molecule has 0 spiro atoms. The highest BCUT2D eigenvalue weighted by Crippen LogP contribution is 2.43. The number of hydrogen-bond acceptors (Lipinski definition) is 3. The second-order valence-electron chi connectivity index (χ2n) is 7.10. The Bertz CT molecular complexity index is 1150. The molecule has 2 aromatic heterocycles. The number of carbonyl (C=O) groups excluding carboxylic acids is 1. The molecule has 1 fully saturated rings. The Morgan fingerprint density at radius 2 is 1.78 bits per heavy atom. The molecule has 1 aliphatic rings. The number of carbonyl (C=O) groups is 2. The Balaban J connectivity index is 1.97. The van der Waals surface area contributed by atoms with E-state index >= 15 is 0 Å². The first-order valence-corrected chi connectivity index (χ1v) is 8.92. The molecule has 27 heavy (non-hydrogen) atoms. The van der Waals surface area contributed by atoms with Crippen LogP contribution in [0.5, 0.6) is 0 Å². The summed E-state index contributed by atoms with van der Waals surface area (Å²) in [5.74, 6) is -0.883. The van der Waals surface area contributed by atoms with Gasteiger partial charge in [-0.15, -0.1) is 0 Å². The van der Waals surface area contributed by atoms with Crippen LogP contribution in [0.1, 0.15) is 57.5 Å². The molecular weight excluding hydrogens is 342 g/mol. The zero-order valence-electron chi connectivity index (χ0n) is 15.2. The maximum absolute atomic E-state index is 12.6. The van der Waals surface area contributed by atoms with Crippen LogP contribution in [0.4, 0.5) is 0 Å². The molecule has 3 aromatic rings. The van der Waals surface area contributed by atoms with Gasteiger partial charge in [-0.2, -0.15) is 0 Å². The molecule has 0 unspecified atom stereocenters. The molecular formula is C22H19NO4. The quantitative estimate of drug-likeness (QED) is 0.711. The summed E-state index contributed by atoms with van der Waals surface area (Å²) in [4.78, 5) is 35.6. The first-order chi connectivity index (χ1) is 12.9. The molecule has 1 saturated carbocycles. The molecule has 136 valence electrons. The number of Topliss-reactive ketones (excluding diaryl/α,β-unsaturated/α-hetero) is 1. The lowest BCUT2D eigenvalue weighted by Crippen LogP contribution is -2.23. The van der Waals surface area contributed by atoms with E-state index < -0.39 is 11.5 Å². The maximum Gasteiger partial charge on any atom is 0.341 e. The lowest BCUT2D eigenvalue weighted by molar-refractivity contribution is 0.0694. The van der Waals surface area contributed by atoms with Crippen LogP contribution >= 0.6 is 0 Å². The van der Waals surface area contributed by atoms with Crippen LogP contribution < -0.4 is 5.56 Å². The van der Waals surface area contributed by atoms with Crippen LogP contribution in [0.2, 0.25) is 0 Å². The van der Waals surface area contributed by atoms with Gasteiger partial charge in [-0.1, -0.05) is 24.3 Å². The number of fused-ring (bicyclic) bond motifs is 1. The number of pyridine rings is 2. The van der Waals surface area contributed by atoms with Crippen LogP contribution in [0, 0.1) is 6.92 Å². The zero-order valence-corrected chi connectivity index (χ0v) is 15.2. The van der Waals surface area contributed by atoms with E-state index in [2.05, 4.69) is 0 Å². The van der Waals surface area contributed by atoms with Crippen LogP contribution in [0.25, 0.3) is 16.6 Å². The van der Waals surface area contributed by atoms with Crippen LogP contribution in [-0.4, -0.2) is 21.3 Å². The molecule has 0 aliphatic heterocycles. The topological polar surface area (TPSA) is 75.8 Å². The van der Waals surface area contributed by atoms with Crippen molar-refractivity contribution in [1.29, 1.82) is 0 Å². The van der Waals surface area contributed by atoms with Gasteiger partial charge in [-0.05, 0) is 67.0 Å². The summed E-state index contributed by atoms with van der Waals surface area (Å²) in [6.45, 7) is 3.49. The monoisotopic (exact) mass is 361 g/mol. The Morgan fingerprint density at radius 1 is 1.11 bits per heavy atom. The first-order valence-electron chi connectivity index (χ1n) is 8.92. The zero-order chi connectivity index (χ0) is 19.3. The molecule has 5 heteroatoms. The number of carboxylic acid groups (broad SMARTS) is 1. The molecule has 5 nitrogen and oxygen atoms in total. The summed E-state index contributed by atoms with van der Waals surface area (Å²) in [5.41, 5.74) is 4.52. The number of hydrogen-bond donors (Lipinski definition) is 1. The lowest BCUT2D eigenvalue weighted by atomic mass is 9.96. The molecule has 0 saturated heterocycles. The Kier molecular flexibility index (Phi) is 3.95. The van der Waals surface area contributed by atoms with Gasteiger partial charge in [0.25, 0.3) is 5.56 Å². The van der Waals surface area contributed by atoms with E-state index in [0.29, 0.717) is 11.5 Å². The SMILES string of the molecule is CC(=O)c1ccc(-c2ccn3c(=O)c(C(=O)O)cc(C4CC4)c3c2C)cc1. The molecule has 0 radical (unpaired) electrons. The van der Waals surface area contributed by atoms with Crippen molar-refractivity contribution in [3.05, 3.63) is 75.2 Å². The number of aromatic nitrogens is 1. The van der Waals surface area contributed by atoms with E-state index in [4.69, 9.17) is 0 Å². The van der Waals surface area contributed by atoms with Crippen molar-refractivity contribution >= 4 is 17.3 Å². The number of aromatic carboxylic acids is 1. The fourth-order valence-corrected chi connectivity index (χ4v) is 3.65. The molecule has 4 rings (SSSR count). The molecule has 0 bridgehead atoms.